The van der Waals surface area contributed by atoms with Crippen LogP contribution in [0, 0.1) is 26.6 Å². The maximum atomic E-state index is 14.1. The van der Waals surface area contributed by atoms with Gasteiger partial charge in [0.25, 0.3) is 0 Å². The fourth-order valence-corrected chi connectivity index (χ4v) is 2.75. The first-order valence-electron chi connectivity index (χ1n) is 7.46. The minimum absolute atomic E-state index is 0.194. The van der Waals surface area contributed by atoms with Crippen molar-refractivity contribution in [3.63, 3.8) is 0 Å². The number of rotatable bonds is 3. The van der Waals surface area contributed by atoms with Crippen molar-refractivity contribution < 1.29 is 9.13 Å². The molecule has 0 unspecified atom stereocenters. The van der Waals surface area contributed by atoms with Crippen molar-refractivity contribution in [3.05, 3.63) is 29.2 Å². The highest BCUT2D eigenvalue weighted by Crippen LogP contribution is 2.27. The summed E-state index contributed by atoms with van der Waals surface area (Å²) in [5.41, 5.74) is 2.08. The van der Waals surface area contributed by atoms with Crippen LogP contribution in [-0.2, 0) is 4.74 Å². The lowest BCUT2D eigenvalue weighted by Gasteiger charge is -2.23. The van der Waals surface area contributed by atoms with Gasteiger partial charge >= 0.3 is 0 Å². The van der Waals surface area contributed by atoms with E-state index in [1.54, 1.807) is 20.0 Å². The van der Waals surface area contributed by atoms with Gasteiger partial charge in [0.05, 0.1) is 29.3 Å². The molecule has 1 saturated heterocycles. The summed E-state index contributed by atoms with van der Waals surface area (Å²) >= 11 is 0. The summed E-state index contributed by atoms with van der Waals surface area (Å²) in [4.78, 5) is 8.15. The number of nitrogens with one attached hydrogen (secondary N) is 1. The third kappa shape index (κ3) is 2.81. The molecule has 118 valence electrons. The lowest BCUT2D eigenvalue weighted by Crippen LogP contribution is -2.21. The molecule has 0 radical (unpaired) electrons. The lowest BCUT2D eigenvalue weighted by atomic mass is 10.1. The zero-order valence-electron chi connectivity index (χ0n) is 13.1. The zero-order chi connectivity index (χ0) is 15.7. The molecule has 3 rings (SSSR count). The van der Waals surface area contributed by atoms with Gasteiger partial charge in [-0.2, -0.15) is 5.10 Å². The Morgan fingerprint density at radius 2 is 1.95 bits per heavy atom. The third-order valence-electron chi connectivity index (χ3n) is 3.96. The number of hydrogen-bond acceptors (Lipinski definition) is 5. The Kier molecular flexibility index (Phi) is 4.06. The highest BCUT2D eigenvalue weighted by atomic mass is 19.1. The molecule has 22 heavy (non-hydrogen) atoms. The Morgan fingerprint density at radius 3 is 2.68 bits per heavy atom. The van der Waals surface area contributed by atoms with Crippen LogP contribution in [0.3, 0.4) is 0 Å². The van der Waals surface area contributed by atoms with Gasteiger partial charge < -0.3 is 10.1 Å². The molecule has 2 aromatic heterocycles. The van der Waals surface area contributed by atoms with Crippen molar-refractivity contribution in [2.45, 2.75) is 39.7 Å². The topological polar surface area (TPSA) is 64.9 Å². The van der Waals surface area contributed by atoms with Crippen LogP contribution < -0.4 is 5.32 Å². The highest BCUT2D eigenvalue weighted by Gasteiger charge is 2.20. The van der Waals surface area contributed by atoms with Gasteiger partial charge in [0, 0.05) is 13.2 Å². The van der Waals surface area contributed by atoms with Gasteiger partial charge in [-0.3, -0.25) is 4.68 Å². The Morgan fingerprint density at radius 1 is 1.23 bits per heavy atom. The Hall–Kier alpha value is -2.02. The number of ether oxygens (including phenoxy) is 1. The van der Waals surface area contributed by atoms with Gasteiger partial charge in [-0.25, -0.2) is 14.4 Å². The smallest absolute Gasteiger partial charge is 0.186 e. The summed E-state index contributed by atoms with van der Waals surface area (Å²) in [7, 11) is 0. The number of aromatic nitrogens is 4. The first kappa shape index (κ1) is 14.9. The molecular formula is C15H20FN5O. The maximum absolute atomic E-state index is 14.1. The second kappa shape index (κ2) is 6.00. The normalized spacial score (nSPS) is 16.0. The van der Waals surface area contributed by atoms with Crippen LogP contribution in [0.25, 0.3) is 0 Å². The number of halogens is 1. The Bertz CT molecular complexity index is 679. The van der Waals surface area contributed by atoms with Gasteiger partial charge in [0.1, 0.15) is 5.82 Å². The summed E-state index contributed by atoms with van der Waals surface area (Å²) in [6.07, 6.45) is 3.61. The highest BCUT2D eigenvalue weighted by molar-refractivity contribution is 5.58. The van der Waals surface area contributed by atoms with Crippen molar-refractivity contribution in [3.8, 4) is 0 Å². The Balaban J connectivity index is 1.86. The molecule has 7 heteroatoms. The molecule has 1 N–H and O–H groups in total. The minimum Gasteiger partial charge on any atom is -0.381 e. The first-order chi connectivity index (χ1) is 10.6. The standard InChI is InChI=1S/C15H20FN5O/c1-9-14(16)15(19-11(3)18-9)20-13-8-17-21(10(13)2)12-4-6-22-7-5-12/h8,12H,4-7H2,1-3H3,(H,18,19,20). The fraction of sp³-hybridized carbons (Fsp3) is 0.533. The second-order valence-corrected chi connectivity index (χ2v) is 5.58. The van der Waals surface area contributed by atoms with E-state index in [0.717, 1.165) is 37.4 Å². The molecular weight excluding hydrogens is 285 g/mol. The average Bonchev–Trinajstić information content (AvgIpc) is 2.86. The summed E-state index contributed by atoms with van der Waals surface area (Å²) in [5.74, 6) is 0.305. The first-order valence-corrected chi connectivity index (χ1v) is 7.46. The van der Waals surface area contributed by atoms with Gasteiger partial charge in [0.15, 0.2) is 11.6 Å². The van der Waals surface area contributed by atoms with E-state index in [4.69, 9.17) is 4.74 Å². The molecule has 0 aliphatic carbocycles. The fourth-order valence-electron chi connectivity index (χ4n) is 2.75. The van der Waals surface area contributed by atoms with E-state index in [2.05, 4.69) is 20.4 Å². The summed E-state index contributed by atoms with van der Waals surface area (Å²) in [5, 5.41) is 7.48. The van der Waals surface area contributed by atoms with Gasteiger partial charge in [0.2, 0.25) is 0 Å². The molecule has 0 atom stereocenters. The van der Waals surface area contributed by atoms with E-state index in [1.807, 2.05) is 11.6 Å². The predicted octanol–water partition coefficient (Wildman–Crippen LogP) is 2.83. The molecule has 6 nitrogen and oxygen atoms in total. The average molecular weight is 305 g/mol. The number of nitrogens with zero attached hydrogens (tertiary/aromatic N) is 4. The van der Waals surface area contributed by atoms with Crippen LogP contribution in [0.15, 0.2) is 6.20 Å². The SMILES string of the molecule is Cc1nc(C)c(F)c(Nc2cnn(C3CCOCC3)c2C)n1. The van der Waals surface area contributed by atoms with Crippen molar-refractivity contribution in [1.29, 1.82) is 0 Å². The molecule has 3 heterocycles. The number of anilines is 2. The monoisotopic (exact) mass is 305 g/mol. The molecule has 2 aromatic rings. The summed E-state index contributed by atoms with van der Waals surface area (Å²) < 4.78 is 21.5. The Labute approximate surface area is 128 Å². The molecule has 0 spiro atoms. The molecule has 1 fully saturated rings. The van der Waals surface area contributed by atoms with Crippen molar-refractivity contribution in [2.24, 2.45) is 0 Å². The van der Waals surface area contributed by atoms with Crippen LogP contribution in [-0.4, -0.2) is 33.0 Å². The summed E-state index contributed by atoms with van der Waals surface area (Å²) in [6, 6.07) is 0.336. The predicted molar refractivity (Wildman–Crippen MR) is 80.8 cm³/mol. The maximum Gasteiger partial charge on any atom is 0.186 e. The molecule has 1 aliphatic rings. The summed E-state index contributed by atoms with van der Waals surface area (Å²) in [6.45, 7) is 6.87. The lowest BCUT2D eigenvalue weighted by molar-refractivity contribution is 0.0657. The van der Waals surface area contributed by atoms with E-state index >= 15 is 0 Å². The number of aryl methyl sites for hydroxylation is 2. The third-order valence-corrected chi connectivity index (χ3v) is 3.96. The number of hydrogen-bond donors (Lipinski definition) is 1. The van der Waals surface area contributed by atoms with Crippen LogP contribution >= 0.6 is 0 Å². The van der Waals surface area contributed by atoms with E-state index < -0.39 is 5.82 Å². The molecule has 0 aromatic carbocycles. The van der Waals surface area contributed by atoms with E-state index in [-0.39, 0.29) is 5.82 Å². The van der Waals surface area contributed by atoms with Crippen molar-refractivity contribution in [2.75, 3.05) is 18.5 Å². The van der Waals surface area contributed by atoms with Crippen LogP contribution in [0.2, 0.25) is 0 Å². The molecule has 0 amide bonds. The zero-order valence-corrected chi connectivity index (χ0v) is 13.1. The minimum atomic E-state index is -0.427. The largest absolute Gasteiger partial charge is 0.381 e. The van der Waals surface area contributed by atoms with E-state index in [1.165, 1.54) is 0 Å². The van der Waals surface area contributed by atoms with Gasteiger partial charge in [-0.15, -0.1) is 0 Å². The van der Waals surface area contributed by atoms with Gasteiger partial charge in [-0.1, -0.05) is 0 Å². The second-order valence-electron chi connectivity index (χ2n) is 5.58. The van der Waals surface area contributed by atoms with Crippen molar-refractivity contribution in [1.82, 2.24) is 19.7 Å². The van der Waals surface area contributed by atoms with Crippen LogP contribution in [0.4, 0.5) is 15.9 Å². The molecule has 1 aliphatic heterocycles. The van der Waals surface area contributed by atoms with E-state index in [9.17, 15) is 4.39 Å². The van der Waals surface area contributed by atoms with Gasteiger partial charge in [-0.05, 0) is 33.6 Å². The molecule has 0 bridgehead atoms. The van der Waals surface area contributed by atoms with E-state index in [0.29, 0.717) is 17.6 Å². The molecule has 0 saturated carbocycles. The quantitative estimate of drug-likeness (QED) is 0.944. The van der Waals surface area contributed by atoms with Crippen LogP contribution in [0.1, 0.15) is 36.1 Å². The van der Waals surface area contributed by atoms with Crippen LogP contribution in [0.5, 0.6) is 0 Å². The van der Waals surface area contributed by atoms with Crippen molar-refractivity contribution >= 4 is 11.5 Å².